The van der Waals surface area contributed by atoms with Gasteiger partial charge in [-0.05, 0) is 71.2 Å². The van der Waals surface area contributed by atoms with Gasteiger partial charge >= 0.3 is 59.6 Å². The van der Waals surface area contributed by atoms with Crippen molar-refractivity contribution in [2.75, 3.05) is 36.1 Å². The number of para-hydroxylation sites is 2. The second-order valence-corrected chi connectivity index (χ2v) is 34.8. The smallest absolute Gasteiger partial charge is 0.251 e. The number of fused-ring (bicyclic) bond motifs is 6. The SMILES string of the molecule is C.CC(C)c1cc2c(oc3ccccc32)c(C(C)C)c1N.CC(C)c1cc2c(oc3ccccc32)c(C(C)C)c1N1CCN=C1c1ccccc1.ClP(Cl)(Cl)(Cl)Cl.O=C(NCCCl)c1ccccc1. The molecule has 69 heavy (non-hydrogen) atoms. The summed E-state index contributed by atoms with van der Waals surface area (Å²) in [4.78, 5) is 18.6. The van der Waals surface area contributed by atoms with Crippen LogP contribution < -0.4 is 16.0 Å². The fourth-order valence-corrected chi connectivity index (χ4v) is 8.59. The summed E-state index contributed by atoms with van der Waals surface area (Å²) in [7, 11) is 0. The molecule has 8 aromatic rings. The zero-order chi connectivity index (χ0) is 49.5. The van der Waals surface area contributed by atoms with Crippen LogP contribution in [-0.4, -0.2) is 37.3 Å². The molecule has 0 spiro atoms. The number of nitrogens with one attached hydrogen (secondary N) is 1. The third-order valence-electron chi connectivity index (χ3n) is 11.4. The second kappa shape index (κ2) is 23.8. The summed E-state index contributed by atoms with van der Waals surface area (Å²) < 4.78 is 8.85. The van der Waals surface area contributed by atoms with Gasteiger partial charge in [0.2, 0.25) is 0 Å². The molecule has 0 unspecified atom stereocenters. The molecule has 3 N–H and O–H groups in total. The number of carbonyl (C=O) groups excluding carboxylic acids is 1. The van der Waals surface area contributed by atoms with Gasteiger partial charge in [-0.25, -0.2) is 0 Å². The molecule has 9 rings (SSSR count). The van der Waals surface area contributed by atoms with Crippen LogP contribution in [0.4, 0.5) is 11.4 Å². The number of alkyl halides is 1. The fraction of sp³-hybridized carbons (Fsp3) is 0.309. The van der Waals surface area contributed by atoms with E-state index in [9.17, 15) is 4.79 Å². The molecule has 6 aromatic carbocycles. The van der Waals surface area contributed by atoms with Crippen molar-refractivity contribution in [2.24, 2.45) is 4.99 Å². The quantitative estimate of drug-likeness (QED) is 0.0853. The zero-order valence-electron chi connectivity index (χ0n) is 39.6. The summed E-state index contributed by atoms with van der Waals surface area (Å²) in [5.74, 6) is 2.92. The van der Waals surface area contributed by atoms with Crippen LogP contribution in [0.5, 0.6) is 0 Å². The van der Waals surface area contributed by atoms with Crippen LogP contribution in [0.3, 0.4) is 0 Å². The summed E-state index contributed by atoms with van der Waals surface area (Å²) in [6.07, 6.45) is 0. The number of aliphatic imine (C=N–C) groups is 1. The normalized spacial score (nSPS) is 13.1. The van der Waals surface area contributed by atoms with Gasteiger partial charge in [0.25, 0.3) is 5.91 Å². The van der Waals surface area contributed by atoms with Crippen LogP contribution in [-0.2, 0) is 0 Å². The maximum absolute atomic E-state index is 11.2. The summed E-state index contributed by atoms with van der Waals surface area (Å²) >= 11 is 30.3. The fourth-order valence-electron chi connectivity index (χ4n) is 8.49. The Bertz CT molecular complexity index is 3010. The number of amides is 1. The van der Waals surface area contributed by atoms with Gasteiger partial charge < -0.3 is 24.8 Å². The maximum Gasteiger partial charge on any atom is 0.251 e. The number of benzene rings is 6. The van der Waals surface area contributed by atoms with Gasteiger partial charge in [-0.15, -0.1) is 11.6 Å². The minimum absolute atomic E-state index is 0. The molecule has 7 nitrogen and oxygen atoms in total. The van der Waals surface area contributed by atoms with Crippen LogP contribution in [0.1, 0.15) is 125 Å². The van der Waals surface area contributed by atoms with Gasteiger partial charge in [0.05, 0.1) is 12.2 Å². The number of furan rings is 2. The molecule has 3 heterocycles. The van der Waals surface area contributed by atoms with E-state index in [-0.39, 0.29) is 13.3 Å². The van der Waals surface area contributed by atoms with Crippen molar-refractivity contribution in [3.8, 4) is 0 Å². The van der Waals surface area contributed by atoms with E-state index < -0.39 is 3.37 Å². The third-order valence-corrected chi connectivity index (χ3v) is 11.6. The summed E-state index contributed by atoms with van der Waals surface area (Å²) in [5, 5.41) is 7.45. The monoisotopic (exact) mass is 1070 g/mol. The van der Waals surface area contributed by atoms with E-state index in [1.54, 1.807) is 12.1 Å². The molecule has 14 heteroatoms. The molecule has 2 aromatic heterocycles. The molecule has 0 aliphatic carbocycles. The van der Waals surface area contributed by atoms with Crippen LogP contribution in [0.2, 0.25) is 0 Å². The van der Waals surface area contributed by atoms with Crippen LogP contribution in [0, 0.1) is 0 Å². The number of nitrogens with zero attached hydrogens (tertiary/aromatic N) is 2. The summed E-state index contributed by atoms with van der Waals surface area (Å²) in [6, 6.07) is 40.7. The number of carbonyl (C=O) groups is 1. The van der Waals surface area contributed by atoms with Gasteiger partial charge in [-0.3, -0.25) is 9.79 Å². The Hall–Kier alpha value is -4.17. The summed E-state index contributed by atoms with van der Waals surface area (Å²) in [6.45, 7) is 20.0. The number of anilines is 2. The predicted octanol–water partition coefficient (Wildman–Crippen LogP) is 19.1. The van der Waals surface area contributed by atoms with Gasteiger partial charge in [-0.2, -0.15) is 0 Å². The number of amidine groups is 1. The standard InChI is InChI=1S/C27H28N2O.C18H21NO.C9H10ClNO.CH4.Cl5P/c1-17(2)21-16-22-20-12-8-9-13-23(20)30-26(22)24(18(3)4)25(21)29-15-14-28-27(29)19-10-6-5-7-11-19;1-10(2)13-9-14-12-7-5-6-8-15(12)20-18(14)16(11(3)4)17(13)19;10-6-7-11-9(12)8-4-2-1-3-5-8;;1-6(2,3,4)5/h5-13,16-18H,14-15H2,1-4H3;5-11H,19H2,1-4H3;1-5H,6-7H2,(H,11,12);1H4;. The first-order valence-corrected chi connectivity index (χ1v) is 30.0. The molecular weight excluding hydrogens is 1010 g/mol. The molecule has 368 valence electrons. The average Bonchev–Trinajstić information content (AvgIpc) is 4.03. The van der Waals surface area contributed by atoms with E-state index in [1.165, 1.54) is 49.5 Å². The maximum atomic E-state index is 11.2. The molecule has 0 radical (unpaired) electrons. The Kier molecular flexibility index (Phi) is 19.3. The van der Waals surface area contributed by atoms with Crippen molar-refractivity contribution in [3.63, 3.8) is 0 Å². The van der Waals surface area contributed by atoms with Crippen molar-refractivity contribution in [1.82, 2.24) is 5.32 Å². The minimum Gasteiger partial charge on any atom is -0.351 e. The third kappa shape index (κ3) is 14.0. The second-order valence-electron chi connectivity index (χ2n) is 17.8. The molecule has 1 aliphatic rings. The van der Waals surface area contributed by atoms with Gasteiger partial charge in [-0.1, -0.05) is 148 Å². The van der Waals surface area contributed by atoms with Crippen LogP contribution >= 0.6 is 71.2 Å². The Morgan fingerprint density at radius 2 is 1.10 bits per heavy atom. The number of hydrogen-bond acceptors (Lipinski definition) is 6. The van der Waals surface area contributed by atoms with E-state index in [1.807, 2.05) is 36.4 Å². The molecule has 0 fully saturated rings. The van der Waals surface area contributed by atoms with Crippen molar-refractivity contribution >= 4 is 138 Å². The first-order valence-electron chi connectivity index (χ1n) is 22.7. The minimum atomic E-state index is -3.69. The van der Waals surface area contributed by atoms with E-state index in [4.69, 9.17) is 87.4 Å². The molecule has 0 saturated carbocycles. The predicted molar refractivity (Wildman–Crippen MR) is 306 cm³/mol. The average molecular weight is 1070 g/mol. The summed E-state index contributed by atoms with van der Waals surface area (Å²) in [5.41, 5.74) is 19.3. The van der Waals surface area contributed by atoms with Crippen LogP contribution in [0.15, 0.2) is 135 Å². The molecule has 1 aliphatic heterocycles. The van der Waals surface area contributed by atoms with Gasteiger partial charge in [0.1, 0.15) is 28.2 Å². The number of hydrogen-bond donors (Lipinski definition) is 2. The number of halogens is 6. The molecule has 0 bridgehead atoms. The molecular formula is C55H63Cl6N4O3P. The Morgan fingerprint density at radius 3 is 1.58 bits per heavy atom. The number of nitrogens with two attached hydrogens (primary N) is 1. The van der Waals surface area contributed by atoms with Crippen molar-refractivity contribution in [3.05, 3.63) is 155 Å². The molecule has 0 saturated heterocycles. The Labute approximate surface area is 436 Å². The Balaban J connectivity index is 0.000000196. The number of rotatable bonds is 9. The van der Waals surface area contributed by atoms with E-state index >= 15 is 0 Å². The first kappa shape index (κ1) is 55.8. The van der Waals surface area contributed by atoms with Crippen molar-refractivity contribution < 1.29 is 13.6 Å². The van der Waals surface area contributed by atoms with E-state index in [0.29, 0.717) is 41.7 Å². The first-order chi connectivity index (χ1) is 32.1. The zero-order valence-corrected chi connectivity index (χ0v) is 45.0. The number of nitrogen functional groups attached to an aromatic ring is 1. The topological polar surface area (TPSA) is 97.0 Å². The Morgan fingerprint density at radius 1 is 0.652 bits per heavy atom. The van der Waals surface area contributed by atoms with Crippen molar-refractivity contribution in [2.45, 2.75) is 86.5 Å². The molecule has 0 atom stereocenters. The van der Waals surface area contributed by atoms with Crippen LogP contribution in [0.25, 0.3) is 43.9 Å². The van der Waals surface area contributed by atoms with Crippen molar-refractivity contribution in [1.29, 1.82) is 0 Å². The largest absolute Gasteiger partial charge is 0.351 e. The van der Waals surface area contributed by atoms with E-state index in [0.717, 1.165) is 52.5 Å². The van der Waals surface area contributed by atoms with Gasteiger partial charge in [0.15, 0.2) is 0 Å². The molecule has 1 amide bonds. The van der Waals surface area contributed by atoms with E-state index in [2.05, 4.69) is 138 Å². The van der Waals surface area contributed by atoms with Gasteiger partial charge in [0, 0.05) is 68.5 Å².